The molecule has 0 N–H and O–H groups in total. The van der Waals surface area contributed by atoms with Crippen LogP contribution in [0.3, 0.4) is 0 Å². The number of carbonyl (C=O) groups is 2. The van der Waals surface area contributed by atoms with Gasteiger partial charge in [0, 0.05) is 16.8 Å². The number of carbonyl (C=O) groups excluding carboxylic acids is 2. The van der Waals surface area contributed by atoms with Crippen molar-refractivity contribution in [3.8, 4) is 0 Å². The third-order valence-corrected chi connectivity index (χ3v) is 8.72. The molecule has 0 bridgehead atoms. The third kappa shape index (κ3) is 5.11. The van der Waals surface area contributed by atoms with E-state index in [1.807, 2.05) is 11.0 Å². The number of allylic oxidation sites excluding steroid dienone is 2. The van der Waals surface area contributed by atoms with E-state index in [4.69, 9.17) is 4.74 Å². The Hall–Kier alpha value is -1.69. The van der Waals surface area contributed by atoms with Crippen LogP contribution in [0.4, 0.5) is 10.1 Å². The van der Waals surface area contributed by atoms with Gasteiger partial charge in [0.25, 0.3) is 0 Å². The molecule has 1 aromatic heterocycles. The van der Waals surface area contributed by atoms with Crippen LogP contribution in [0, 0.1) is 11.8 Å². The first kappa shape index (κ1) is 23.5. The van der Waals surface area contributed by atoms with Crippen LogP contribution in [0.25, 0.3) is 5.57 Å². The van der Waals surface area contributed by atoms with Crippen LogP contribution in [0.2, 0.25) is 0 Å². The van der Waals surface area contributed by atoms with Crippen molar-refractivity contribution < 1.29 is 18.7 Å². The second-order valence-electron chi connectivity index (χ2n) is 9.86. The summed E-state index contributed by atoms with van der Waals surface area (Å²) in [4.78, 5) is 30.2. The highest BCUT2D eigenvalue weighted by Gasteiger charge is 2.37. The normalized spacial score (nSPS) is 28.7. The number of anilines is 1. The summed E-state index contributed by atoms with van der Waals surface area (Å²) in [6.07, 6.45) is 12.0. The summed E-state index contributed by atoms with van der Waals surface area (Å²) >= 11 is 1.45. The fourth-order valence-electron chi connectivity index (χ4n) is 5.51. The molecule has 3 aliphatic rings. The lowest BCUT2D eigenvalue weighted by Crippen LogP contribution is -2.46. The molecule has 0 spiro atoms. The van der Waals surface area contributed by atoms with Crippen LogP contribution in [0.5, 0.6) is 0 Å². The van der Waals surface area contributed by atoms with E-state index in [-0.39, 0.29) is 23.8 Å². The van der Waals surface area contributed by atoms with Crippen LogP contribution >= 0.6 is 11.3 Å². The van der Waals surface area contributed by atoms with E-state index in [2.05, 4.69) is 13.0 Å². The smallest absolute Gasteiger partial charge is 0.350 e. The van der Waals surface area contributed by atoms with E-state index in [0.717, 1.165) is 49.8 Å². The van der Waals surface area contributed by atoms with E-state index in [0.29, 0.717) is 42.2 Å². The Bertz CT molecular complexity index is 847. The molecule has 2 saturated carbocycles. The molecular formula is C26H36FNO3S. The van der Waals surface area contributed by atoms with Crippen molar-refractivity contribution in [1.82, 2.24) is 0 Å². The zero-order valence-corrected chi connectivity index (χ0v) is 20.2. The number of amides is 1. The van der Waals surface area contributed by atoms with E-state index in [9.17, 15) is 14.0 Å². The molecule has 0 saturated heterocycles. The van der Waals surface area contributed by atoms with Crippen LogP contribution in [0.1, 0.15) is 98.5 Å². The summed E-state index contributed by atoms with van der Waals surface area (Å²) in [5.41, 5.74) is 1.96. The number of hydrogen-bond acceptors (Lipinski definition) is 4. The first-order chi connectivity index (χ1) is 15.5. The molecule has 2 fully saturated rings. The Morgan fingerprint density at radius 1 is 1.06 bits per heavy atom. The van der Waals surface area contributed by atoms with Crippen LogP contribution in [-0.2, 0) is 9.53 Å². The van der Waals surface area contributed by atoms with Gasteiger partial charge >= 0.3 is 5.97 Å². The van der Waals surface area contributed by atoms with Gasteiger partial charge in [0.05, 0.1) is 12.8 Å². The molecule has 3 aliphatic carbocycles. The van der Waals surface area contributed by atoms with Crippen molar-refractivity contribution in [2.45, 2.75) is 96.2 Å². The van der Waals surface area contributed by atoms with Crippen molar-refractivity contribution in [3.63, 3.8) is 0 Å². The summed E-state index contributed by atoms with van der Waals surface area (Å²) in [5, 5.41) is 0. The fourth-order valence-corrected chi connectivity index (χ4v) is 6.65. The SMILES string of the molecule is COC(=O)c1sc(C2=CCCCC2)cc1N(C(=O)[C@H]1CC[C@H](C)CC1)[C@H]1CC[C@@H](F)CC1. The number of halogens is 1. The second-order valence-corrected chi connectivity index (χ2v) is 10.9. The van der Waals surface area contributed by atoms with Crippen LogP contribution in [0.15, 0.2) is 12.1 Å². The Balaban J connectivity index is 1.72. The molecule has 0 unspecified atom stereocenters. The summed E-state index contributed by atoms with van der Waals surface area (Å²) in [7, 11) is 1.40. The van der Waals surface area contributed by atoms with Crippen molar-refractivity contribution in [3.05, 3.63) is 21.9 Å². The number of thiophene rings is 1. The maximum atomic E-state index is 13.9. The minimum Gasteiger partial charge on any atom is -0.465 e. The lowest BCUT2D eigenvalue weighted by molar-refractivity contribution is -0.124. The Kier molecular flexibility index (Phi) is 7.70. The maximum absolute atomic E-state index is 13.9. The molecule has 0 radical (unpaired) electrons. The van der Waals surface area contributed by atoms with E-state index < -0.39 is 6.17 Å². The molecular weight excluding hydrogens is 425 g/mol. The number of nitrogens with zero attached hydrogens (tertiary/aromatic N) is 1. The van der Waals surface area contributed by atoms with Gasteiger partial charge in [-0.15, -0.1) is 11.3 Å². The standard InChI is InChI=1S/C26H36FNO3S/c1-17-8-10-19(11-9-17)25(29)28(21-14-12-20(27)13-15-21)22-16-23(18-6-4-3-5-7-18)32-24(22)26(30)31-2/h6,16-17,19-21H,3-5,7-15H2,1-2H3/t17-,19-,20-,21+. The highest BCUT2D eigenvalue weighted by molar-refractivity contribution is 7.15. The molecule has 32 heavy (non-hydrogen) atoms. The molecule has 4 rings (SSSR count). The van der Waals surface area contributed by atoms with E-state index in [1.165, 1.54) is 30.4 Å². The van der Waals surface area contributed by atoms with Gasteiger partial charge in [-0.1, -0.05) is 13.0 Å². The van der Waals surface area contributed by atoms with Crippen molar-refractivity contribution >= 4 is 34.5 Å². The summed E-state index contributed by atoms with van der Waals surface area (Å²) in [5.74, 6) is 0.372. The van der Waals surface area contributed by atoms with Gasteiger partial charge in [0.2, 0.25) is 5.91 Å². The Morgan fingerprint density at radius 3 is 2.41 bits per heavy atom. The number of rotatable bonds is 5. The largest absolute Gasteiger partial charge is 0.465 e. The highest BCUT2D eigenvalue weighted by Crippen LogP contribution is 2.42. The van der Waals surface area contributed by atoms with Gasteiger partial charge < -0.3 is 9.64 Å². The quantitative estimate of drug-likeness (QED) is 0.447. The lowest BCUT2D eigenvalue weighted by atomic mass is 9.81. The number of methoxy groups -OCH3 is 1. The van der Waals surface area contributed by atoms with Gasteiger partial charge in [-0.25, -0.2) is 9.18 Å². The Morgan fingerprint density at radius 2 is 1.78 bits per heavy atom. The average Bonchev–Trinajstić information content (AvgIpc) is 3.26. The fraction of sp³-hybridized carbons (Fsp3) is 0.692. The predicted octanol–water partition coefficient (Wildman–Crippen LogP) is 6.93. The molecule has 4 nitrogen and oxygen atoms in total. The zero-order chi connectivity index (χ0) is 22.7. The van der Waals surface area contributed by atoms with Gasteiger partial charge in [-0.05, 0) is 94.6 Å². The first-order valence-electron chi connectivity index (χ1n) is 12.4. The minimum absolute atomic E-state index is 0.0166. The van der Waals surface area contributed by atoms with Crippen LogP contribution in [-0.4, -0.2) is 31.2 Å². The predicted molar refractivity (Wildman–Crippen MR) is 128 cm³/mol. The average molecular weight is 462 g/mol. The summed E-state index contributed by atoms with van der Waals surface area (Å²) in [6.45, 7) is 2.25. The van der Waals surface area contributed by atoms with Gasteiger partial charge in [0.1, 0.15) is 11.0 Å². The summed E-state index contributed by atoms with van der Waals surface area (Å²) in [6, 6.07) is 1.99. The maximum Gasteiger partial charge on any atom is 0.350 e. The van der Waals surface area contributed by atoms with E-state index in [1.54, 1.807) is 0 Å². The minimum atomic E-state index is -0.788. The summed E-state index contributed by atoms with van der Waals surface area (Å²) < 4.78 is 19.1. The lowest BCUT2D eigenvalue weighted by Gasteiger charge is -2.38. The monoisotopic (exact) mass is 461 g/mol. The van der Waals surface area contributed by atoms with Gasteiger partial charge in [0.15, 0.2) is 0 Å². The number of hydrogen-bond donors (Lipinski definition) is 0. The van der Waals surface area contributed by atoms with Crippen LogP contribution < -0.4 is 4.90 Å². The molecule has 1 aromatic rings. The molecule has 1 heterocycles. The number of esters is 1. The highest BCUT2D eigenvalue weighted by atomic mass is 32.1. The van der Waals surface area contributed by atoms with Crippen molar-refractivity contribution in [1.29, 1.82) is 0 Å². The Labute approximate surface area is 195 Å². The molecule has 0 atom stereocenters. The molecule has 0 aliphatic heterocycles. The second kappa shape index (κ2) is 10.5. The molecule has 6 heteroatoms. The van der Waals surface area contributed by atoms with Gasteiger partial charge in [-0.3, -0.25) is 4.79 Å². The molecule has 0 aromatic carbocycles. The number of alkyl halides is 1. The number of ether oxygens (including phenoxy) is 1. The zero-order valence-electron chi connectivity index (χ0n) is 19.4. The van der Waals surface area contributed by atoms with Crippen molar-refractivity contribution in [2.75, 3.05) is 12.0 Å². The molecule has 1 amide bonds. The van der Waals surface area contributed by atoms with Crippen molar-refractivity contribution in [2.24, 2.45) is 11.8 Å². The first-order valence-corrected chi connectivity index (χ1v) is 13.2. The van der Waals surface area contributed by atoms with Gasteiger partial charge in [-0.2, -0.15) is 0 Å². The topological polar surface area (TPSA) is 46.6 Å². The third-order valence-electron chi connectivity index (χ3n) is 7.54. The molecule has 176 valence electrons. The van der Waals surface area contributed by atoms with E-state index >= 15 is 0 Å².